The molecule has 1 aliphatic heterocycles. The number of anilines is 2. The van der Waals surface area contributed by atoms with Gasteiger partial charge in [-0.1, -0.05) is 6.07 Å². The largest absolute Gasteiger partial charge is 0.495 e. The molecular formula is C10H12N2O2. The summed E-state index contributed by atoms with van der Waals surface area (Å²) in [4.78, 5) is 11.3. The van der Waals surface area contributed by atoms with Crippen LogP contribution >= 0.6 is 0 Å². The second-order valence-electron chi connectivity index (χ2n) is 3.24. The quantitative estimate of drug-likeness (QED) is 0.708. The molecule has 1 aliphatic rings. The number of para-hydroxylation sites is 1. The van der Waals surface area contributed by atoms with Crippen LogP contribution in [0.2, 0.25) is 0 Å². The van der Waals surface area contributed by atoms with E-state index in [2.05, 4.69) is 10.6 Å². The van der Waals surface area contributed by atoms with Crippen molar-refractivity contribution in [2.75, 3.05) is 17.7 Å². The van der Waals surface area contributed by atoms with Gasteiger partial charge in [-0.2, -0.15) is 0 Å². The smallest absolute Gasteiger partial charge is 0.246 e. The molecule has 0 fully saturated rings. The van der Waals surface area contributed by atoms with Crippen LogP contribution < -0.4 is 15.4 Å². The second-order valence-corrected chi connectivity index (χ2v) is 3.24. The lowest BCUT2D eigenvalue weighted by Crippen LogP contribution is -2.36. The minimum Gasteiger partial charge on any atom is -0.495 e. The lowest BCUT2D eigenvalue weighted by Gasteiger charge is -2.25. The molecule has 0 unspecified atom stereocenters. The third kappa shape index (κ3) is 1.28. The van der Waals surface area contributed by atoms with Crippen LogP contribution in [0.1, 0.15) is 6.92 Å². The van der Waals surface area contributed by atoms with Gasteiger partial charge in [0.25, 0.3) is 0 Å². The number of rotatable bonds is 1. The number of hydrogen-bond acceptors (Lipinski definition) is 3. The standard InChI is InChI=1S/C10H12N2O2/c1-6-10(13)12-7-4-3-5-8(14-2)9(7)11-6/h3-6,11H,1-2H3,(H,12,13)/t6-/m1/s1. The van der Waals surface area contributed by atoms with Gasteiger partial charge >= 0.3 is 0 Å². The number of nitrogens with one attached hydrogen (secondary N) is 2. The fourth-order valence-corrected chi connectivity index (χ4v) is 1.48. The van der Waals surface area contributed by atoms with Gasteiger partial charge in [0.2, 0.25) is 5.91 Å². The summed E-state index contributed by atoms with van der Waals surface area (Å²) in [5, 5.41) is 5.90. The van der Waals surface area contributed by atoms with Crippen molar-refractivity contribution in [3.63, 3.8) is 0 Å². The van der Waals surface area contributed by atoms with Crippen LogP contribution in [-0.4, -0.2) is 19.1 Å². The molecule has 1 aromatic carbocycles. The average molecular weight is 192 g/mol. The molecule has 4 nitrogen and oxygen atoms in total. The van der Waals surface area contributed by atoms with E-state index in [4.69, 9.17) is 4.74 Å². The Morgan fingerprint density at radius 2 is 2.21 bits per heavy atom. The van der Waals surface area contributed by atoms with Crippen molar-refractivity contribution >= 4 is 17.3 Å². The van der Waals surface area contributed by atoms with Crippen molar-refractivity contribution in [1.29, 1.82) is 0 Å². The van der Waals surface area contributed by atoms with Gasteiger partial charge in [-0.3, -0.25) is 4.79 Å². The highest BCUT2D eigenvalue weighted by Crippen LogP contribution is 2.35. The van der Waals surface area contributed by atoms with Gasteiger partial charge in [-0.15, -0.1) is 0 Å². The number of ether oxygens (including phenoxy) is 1. The number of carbonyl (C=O) groups excluding carboxylic acids is 1. The summed E-state index contributed by atoms with van der Waals surface area (Å²) in [6.07, 6.45) is 0. The second kappa shape index (κ2) is 3.21. The number of carbonyl (C=O) groups is 1. The van der Waals surface area contributed by atoms with Crippen LogP contribution in [0.3, 0.4) is 0 Å². The van der Waals surface area contributed by atoms with E-state index in [-0.39, 0.29) is 11.9 Å². The molecule has 0 aromatic heterocycles. The summed E-state index contributed by atoms with van der Waals surface area (Å²) in [5.41, 5.74) is 1.62. The van der Waals surface area contributed by atoms with E-state index in [1.807, 2.05) is 25.1 Å². The van der Waals surface area contributed by atoms with Gasteiger partial charge in [-0.25, -0.2) is 0 Å². The Labute approximate surface area is 82.3 Å². The van der Waals surface area contributed by atoms with Gasteiger partial charge in [0, 0.05) is 0 Å². The van der Waals surface area contributed by atoms with Crippen molar-refractivity contribution in [3.05, 3.63) is 18.2 Å². The minimum absolute atomic E-state index is 0.0225. The fourth-order valence-electron chi connectivity index (χ4n) is 1.48. The maximum absolute atomic E-state index is 11.3. The molecule has 0 aliphatic carbocycles. The van der Waals surface area contributed by atoms with Crippen LogP contribution in [0.5, 0.6) is 5.75 Å². The molecule has 1 atom stereocenters. The van der Waals surface area contributed by atoms with Gasteiger partial charge in [-0.05, 0) is 19.1 Å². The number of hydrogen-bond donors (Lipinski definition) is 2. The van der Waals surface area contributed by atoms with E-state index in [1.165, 1.54) is 0 Å². The Morgan fingerprint density at radius 1 is 1.43 bits per heavy atom. The summed E-state index contributed by atoms with van der Waals surface area (Å²) < 4.78 is 5.18. The normalized spacial score (nSPS) is 19.3. The van der Waals surface area contributed by atoms with Crippen molar-refractivity contribution < 1.29 is 9.53 Å². The van der Waals surface area contributed by atoms with Gasteiger partial charge in [0.15, 0.2) is 0 Å². The van der Waals surface area contributed by atoms with E-state index in [0.717, 1.165) is 17.1 Å². The monoisotopic (exact) mass is 192 g/mol. The summed E-state index contributed by atoms with van der Waals surface area (Å²) >= 11 is 0. The maximum Gasteiger partial charge on any atom is 0.246 e. The first kappa shape index (κ1) is 8.87. The molecular weight excluding hydrogens is 180 g/mol. The third-order valence-electron chi connectivity index (χ3n) is 2.26. The predicted octanol–water partition coefficient (Wildman–Crippen LogP) is 1.45. The lowest BCUT2D eigenvalue weighted by atomic mass is 10.1. The van der Waals surface area contributed by atoms with Crippen molar-refractivity contribution in [2.24, 2.45) is 0 Å². The van der Waals surface area contributed by atoms with Crippen LogP contribution in [0.4, 0.5) is 11.4 Å². The van der Waals surface area contributed by atoms with Crippen LogP contribution in [0.15, 0.2) is 18.2 Å². The zero-order chi connectivity index (χ0) is 10.1. The van der Waals surface area contributed by atoms with Crippen molar-refractivity contribution in [3.8, 4) is 5.75 Å². The maximum atomic E-state index is 11.3. The zero-order valence-corrected chi connectivity index (χ0v) is 8.13. The van der Waals surface area contributed by atoms with E-state index < -0.39 is 0 Å². The number of methoxy groups -OCH3 is 1. The van der Waals surface area contributed by atoms with Crippen LogP contribution in [0, 0.1) is 0 Å². The molecule has 0 saturated heterocycles. The molecule has 0 radical (unpaired) electrons. The molecule has 1 heterocycles. The first-order valence-electron chi connectivity index (χ1n) is 4.47. The molecule has 2 N–H and O–H groups in total. The predicted molar refractivity (Wildman–Crippen MR) is 54.7 cm³/mol. The molecule has 74 valence electrons. The molecule has 0 saturated carbocycles. The Bertz CT molecular complexity index is 376. The average Bonchev–Trinajstić information content (AvgIpc) is 2.19. The first-order valence-corrected chi connectivity index (χ1v) is 4.47. The van der Waals surface area contributed by atoms with Gasteiger partial charge in [0.05, 0.1) is 12.8 Å². The summed E-state index contributed by atoms with van der Waals surface area (Å²) in [6.45, 7) is 1.81. The molecule has 1 amide bonds. The zero-order valence-electron chi connectivity index (χ0n) is 8.13. The molecule has 0 spiro atoms. The Hall–Kier alpha value is -1.71. The summed E-state index contributed by atoms with van der Waals surface area (Å²) in [7, 11) is 1.61. The molecule has 0 bridgehead atoms. The number of fused-ring (bicyclic) bond motifs is 1. The molecule has 14 heavy (non-hydrogen) atoms. The Balaban J connectivity index is 2.46. The topological polar surface area (TPSA) is 50.4 Å². The first-order chi connectivity index (χ1) is 6.72. The Morgan fingerprint density at radius 3 is 2.93 bits per heavy atom. The van der Waals surface area contributed by atoms with E-state index in [9.17, 15) is 4.79 Å². The van der Waals surface area contributed by atoms with E-state index in [0.29, 0.717) is 0 Å². The lowest BCUT2D eigenvalue weighted by molar-refractivity contribution is -0.116. The summed E-state index contributed by atoms with van der Waals surface area (Å²) in [5.74, 6) is 0.722. The van der Waals surface area contributed by atoms with Crippen LogP contribution in [0.25, 0.3) is 0 Å². The van der Waals surface area contributed by atoms with Gasteiger partial charge in [0.1, 0.15) is 17.5 Å². The highest BCUT2D eigenvalue weighted by atomic mass is 16.5. The SMILES string of the molecule is COc1cccc2c1N[C@H](C)C(=O)N2. The fraction of sp³-hybridized carbons (Fsp3) is 0.300. The molecule has 4 heteroatoms. The third-order valence-corrected chi connectivity index (χ3v) is 2.26. The molecule has 2 rings (SSSR count). The minimum atomic E-state index is -0.223. The highest BCUT2D eigenvalue weighted by Gasteiger charge is 2.23. The van der Waals surface area contributed by atoms with Gasteiger partial charge < -0.3 is 15.4 Å². The van der Waals surface area contributed by atoms with Crippen molar-refractivity contribution in [1.82, 2.24) is 0 Å². The van der Waals surface area contributed by atoms with Crippen molar-refractivity contribution in [2.45, 2.75) is 13.0 Å². The highest BCUT2D eigenvalue weighted by molar-refractivity contribution is 6.03. The number of benzene rings is 1. The summed E-state index contributed by atoms with van der Waals surface area (Å²) in [6, 6.07) is 5.32. The number of amides is 1. The van der Waals surface area contributed by atoms with Crippen LogP contribution in [-0.2, 0) is 4.79 Å². The van der Waals surface area contributed by atoms with E-state index >= 15 is 0 Å². The van der Waals surface area contributed by atoms with E-state index in [1.54, 1.807) is 7.11 Å². The Kier molecular flexibility index (Phi) is 2.04. The molecule has 1 aromatic rings.